The van der Waals surface area contributed by atoms with Crippen LogP contribution in [-0.2, 0) is 4.74 Å². The maximum absolute atomic E-state index is 5.50. The van der Waals surface area contributed by atoms with Crippen LogP contribution < -0.4 is 20.3 Å². The van der Waals surface area contributed by atoms with Crippen molar-refractivity contribution in [3.05, 3.63) is 24.3 Å². The number of likely N-dealkylation sites (N-methyl/N-ethyl adjacent to an activating group) is 1. The predicted molar refractivity (Wildman–Crippen MR) is 112 cm³/mol. The third-order valence-electron chi connectivity index (χ3n) is 4.73. The van der Waals surface area contributed by atoms with Crippen LogP contribution in [0.1, 0.15) is 13.3 Å². The molecule has 0 bridgehead atoms. The molecule has 1 fully saturated rings. The molecule has 1 atom stereocenters. The van der Waals surface area contributed by atoms with Gasteiger partial charge in [-0.25, -0.2) is 0 Å². The smallest absolute Gasteiger partial charge is 0.191 e. The lowest BCUT2D eigenvalue weighted by Gasteiger charge is -2.22. The summed E-state index contributed by atoms with van der Waals surface area (Å²) in [4.78, 5) is 9.33. The molecular formula is C20H35N5O2. The lowest BCUT2D eigenvalue weighted by Crippen LogP contribution is -2.45. The van der Waals surface area contributed by atoms with Crippen molar-refractivity contribution in [2.45, 2.75) is 19.4 Å². The summed E-state index contributed by atoms with van der Waals surface area (Å²) < 4.78 is 10.6. The number of nitrogens with zero attached hydrogens (tertiary/aromatic N) is 3. The lowest BCUT2D eigenvalue weighted by atomic mass is 10.2. The highest BCUT2D eigenvalue weighted by Crippen LogP contribution is 2.30. The number of anilines is 1. The van der Waals surface area contributed by atoms with Gasteiger partial charge in [0.15, 0.2) is 5.96 Å². The van der Waals surface area contributed by atoms with E-state index < -0.39 is 0 Å². The molecule has 152 valence electrons. The molecule has 2 rings (SSSR count). The van der Waals surface area contributed by atoms with Gasteiger partial charge in [0.25, 0.3) is 0 Å². The molecule has 7 heteroatoms. The fraction of sp³-hybridized carbons (Fsp3) is 0.650. The summed E-state index contributed by atoms with van der Waals surface area (Å²) in [6, 6.07) is 8.58. The molecule has 2 N–H and O–H groups in total. The average Bonchev–Trinajstić information content (AvgIpc) is 3.14. The van der Waals surface area contributed by atoms with Crippen LogP contribution in [0.25, 0.3) is 0 Å². The third-order valence-corrected chi connectivity index (χ3v) is 4.73. The maximum atomic E-state index is 5.50. The SMILES string of the molecule is CCNC(=NCCN(C)CCOC)NC1CCN(c2ccccc2OC)C1. The molecular weight excluding hydrogens is 342 g/mol. The fourth-order valence-electron chi connectivity index (χ4n) is 3.19. The summed E-state index contributed by atoms with van der Waals surface area (Å²) in [6.45, 7) is 8.25. The van der Waals surface area contributed by atoms with Crippen LogP contribution in [0.4, 0.5) is 5.69 Å². The average molecular weight is 378 g/mol. The van der Waals surface area contributed by atoms with E-state index in [-0.39, 0.29) is 0 Å². The Balaban J connectivity index is 1.86. The molecule has 27 heavy (non-hydrogen) atoms. The number of methoxy groups -OCH3 is 2. The van der Waals surface area contributed by atoms with Gasteiger partial charge in [-0.2, -0.15) is 0 Å². The van der Waals surface area contributed by atoms with Crippen LogP contribution in [0.5, 0.6) is 5.75 Å². The van der Waals surface area contributed by atoms with Crippen LogP contribution in [0.15, 0.2) is 29.3 Å². The number of hydrogen-bond acceptors (Lipinski definition) is 5. The minimum Gasteiger partial charge on any atom is -0.495 e. The number of benzene rings is 1. The van der Waals surface area contributed by atoms with Gasteiger partial charge in [0, 0.05) is 45.9 Å². The Hall–Kier alpha value is -1.99. The molecule has 1 aliphatic rings. The van der Waals surface area contributed by atoms with E-state index in [1.165, 1.54) is 0 Å². The van der Waals surface area contributed by atoms with Crippen LogP contribution >= 0.6 is 0 Å². The molecule has 0 saturated carbocycles. The number of ether oxygens (including phenoxy) is 2. The van der Waals surface area contributed by atoms with Gasteiger partial charge in [0.2, 0.25) is 0 Å². The van der Waals surface area contributed by atoms with Crippen molar-refractivity contribution in [3.8, 4) is 5.75 Å². The van der Waals surface area contributed by atoms with Gasteiger partial charge in [-0.1, -0.05) is 12.1 Å². The van der Waals surface area contributed by atoms with E-state index in [0.29, 0.717) is 6.04 Å². The molecule has 7 nitrogen and oxygen atoms in total. The summed E-state index contributed by atoms with van der Waals surface area (Å²) in [5, 5.41) is 6.94. The monoisotopic (exact) mass is 377 g/mol. The first-order valence-corrected chi connectivity index (χ1v) is 9.78. The van der Waals surface area contributed by atoms with Gasteiger partial charge in [0.05, 0.1) is 25.9 Å². The largest absolute Gasteiger partial charge is 0.495 e. The first-order valence-electron chi connectivity index (χ1n) is 9.78. The molecule has 0 aromatic heterocycles. The number of rotatable bonds is 10. The van der Waals surface area contributed by atoms with Crippen molar-refractivity contribution in [1.29, 1.82) is 0 Å². The van der Waals surface area contributed by atoms with Crippen LogP contribution in [0.2, 0.25) is 0 Å². The summed E-state index contributed by atoms with van der Waals surface area (Å²) >= 11 is 0. The highest BCUT2D eigenvalue weighted by molar-refractivity contribution is 5.80. The van der Waals surface area contributed by atoms with Crippen LogP contribution in [0.3, 0.4) is 0 Å². The second-order valence-corrected chi connectivity index (χ2v) is 6.80. The van der Waals surface area contributed by atoms with Crippen molar-refractivity contribution < 1.29 is 9.47 Å². The number of aliphatic imine (C=N–C) groups is 1. The van der Waals surface area contributed by atoms with Gasteiger partial charge in [0.1, 0.15) is 5.75 Å². The Bertz CT molecular complexity index is 581. The van der Waals surface area contributed by atoms with E-state index in [4.69, 9.17) is 14.5 Å². The summed E-state index contributed by atoms with van der Waals surface area (Å²) in [7, 11) is 5.55. The summed E-state index contributed by atoms with van der Waals surface area (Å²) in [5.41, 5.74) is 1.16. The zero-order valence-corrected chi connectivity index (χ0v) is 17.2. The topological polar surface area (TPSA) is 61.4 Å². The zero-order chi connectivity index (χ0) is 19.5. The molecule has 1 aliphatic heterocycles. The van der Waals surface area contributed by atoms with E-state index >= 15 is 0 Å². The molecule has 1 aromatic rings. The Morgan fingerprint density at radius 3 is 2.85 bits per heavy atom. The van der Waals surface area contributed by atoms with Gasteiger partial charge in [-0.05, 0) is 32.5 Å². The number of guanidine groups is 1. The van der Waals surface area contributed by atoms with Crippen LogP contribution in [-0.4, -0.2) is 84.0 Å². The van der Waals surface area contributed by atoms with E-state index in [9.17, 15) is 0 Å². The van der Waals surface area contributed by atoms with E-state index in [0.717, 1.165) is 69.7 Å². The second kappa shape index (κ2) is 11.7. The minimum atomic E-state index is 0.374. The molecule has 0 aliphatic carbocycles. The molecule has 0 radical (unpaired) electrons. The van der Waals surface area contributed by atoms with Crippen molar-refractivity contribution in [2.75, 3.05) is 72.0 Å². The fourth-order valence-corrected chi connectivity index (χ4v) is 3.19. The number of hydrogen-bond donors (Lipinski definition) is 2. The van der Waals surface area contributed by atoms with E-state index in [1.807, 2.05) is 12.1 Å². The van der Waals surface area contributed by atoms with E-state index in [2.05, 4.69) is 46.5 Å². The third kappa shape index (κ3) is 6.92. The summed E-state index contributed by atoms with van der Waals surface area (Å²) in [6.07, 6.45) is 1.08. The van der Waals surface area contributed by atoms with Crippen molar-refractivity contribution in [1.82, 2.24) is 15.5 Å². The maximum Gasteiger partial charge on any atom is 0.191 e. The normalized spacial score (nSPS) is 17.4. The second-order valence-electron chi connectivity index (χ2n) is 6.80. The minimum absolute atomic E-state index is 0.374. The summed E-state index contributed by atoms with van der Waals surface area (Å²) in [5.74, 6) is 1.82. The van der Waals surface area contributed by atoms with Gasteiger partial charge >= 0.3 is 0 Å². The first-order chi connectivity index (χ1) is 13.2. The van der Waals surface area contributed by atoms with Crippen LogP contribution in [0, 0.1) is 0 Å². The predicted octanol–water partition coefficient (Wildman–Crippen LogP) is 1.41. The van der Waals surface area contributed by atoms with Gasteiger partial charge < -0.3 is 29.9 Å². The van der Waals surface area contributed by atoms with Crippen molar-refractivity contribution in [3.63, 3.8) is 0 Å². The Morgan fingerprint density at radius 1 is 1.30 bits per heavy atom. The molecule has 0 spiro atoms. The lowest BCUT2D eigenvalue weighted by molar-refractivity contribution is 0.163. The Labute approximate surface area is 163 Å². The standard InChI is InChI=1S/C20H35N5O2/c1-5-21-20(22-11-13-24(2)14-15-26-3)23-17-10-12-25(16-17)18-8-6-7-9-19(18)27-4/h6-9,17H,5,10-16H2,1-4H3,(H2,21,22,23). The van der Waals surface area contributed by atoms with Gasteiger partial charge in [-0.15, -0.1) is 0 Å². The van der Waals surface area contributed by atoms with Crippen molar-refractivity contribution in [2.24, 2.45) is 4.99 Å². The quantitative estimate of drug-likeness (QED) is 0.475. The number of para-hydroxylation sites is 2. The highest BCUT2D eigenvalue weighted by Gasteiger charge is 2.25. The molecule has 0 amide bonds. The molecule has 1 heterocycles. The van der Waals surface area contributed by atoms with Crippen molar-refractivity contribution >= 4 is 11.6 Å². The Morgan fingerprint density at radius 2 is 2.11 bits per heavy atom. The highest BCUT2D eigenvalue weighted by atomic mass is 16.5. The molecule has 1 aromatic carbocycles. The zero-order valence-electron chi connectivity index (χ0n) is 17.2. The van der Waals surface area contributed by atoms with Gasteiger partial charge in [-0.3, -0.25) is 4.99 Å². The van der Waals surface area contributed by atoms with E-state index in [1.54, 1.807) is 14.2 Å². The molecule has 1 unspecified atom stereocenters. The molecule has 1 saturated heterocycles. The Kier molecular flexibility index (Phi) is 9.21. The number of nitrogens with one attached hydrogen (secondary N) is 2. The first kappa shape index (κ1) is 21.3.